The molecule has 1 aromatic carbocycles. The topological polar surface area (TPSA) is 85.1 Å². The van der Waals surface area contributed by atoms with Crippen molar-refractivity contribution in [2.24, 2.45) is 0 Å². The molecule has 0 bridgehead atoms. The summed E-state index contributed by atoms with van der Waals surface area (Å²) in [6.07, 6.45) is 1.46. The summed E-state index contributed by atoms with van der Waals surface area (Å²) in [5.74, 6) is -0.00201. The van der Waals surface area contributed by atoms with Crippen LogP contribution in [0.4, 0.5) is 5.82 Å². The van der Waals surface area contributed by atoms with E-state index in [2.05, 4.69) is 9.71 Å². The van der Waals surface area contributed by atoms with Gasteiger partial charge in [0.15, 0.2) is 0 Å². The summed E-state index contributed by atoms with van der Waals surface area (Å²) in [6.45, 7) is 5.77. The van der Waals surface area contributed by atoms with E-state index in [1.54, 1.807) is 6.07 Å². The number of nitrogens with one attached hydrogen (secondary N) is 1. The van der Waals surface area contributed by atoms with Gasteiger partial charge in [-0.3, -0.25) is 0 Å². The summed E-state index contributed by atoms with van der Waals surface area (Å²) in [4.78, 5) is 3.81. The predicted octanol–water partition coefficient (Wildman–Crippen LogP) is 2.32. The van der Waals surface area contributed by atoms with E-state index in [9.17, 15) is 8.42 Å². The van der Waals surface area contributed by atoms with E-state index in [4.69, 9.17) is 5.73 Å². The number of anilines is 1. The number of hydrogen-bond acceptors (Lipinski definition) is 4. The van der Waals surface area contributed by atoms with Gasteiger partial charge in [-0.2, -0.15) is 0 Å². The van der Waals surface area contributed by atoms with E-state index < -0.39 is 10.0 Å². The van der Waals surface area contributed by atoms with Gasteiger partial charge in [-0.05, 0) is 44.0 Å². The van der Waals surface area contributed by atoms with Crippen molar-refractivity contribution in [1.82, 2.24) is 9.71 Å². The van der Waals surface area contributed by atoms with Crippen LogP contribution in [0.2, 0.25) is 0 Å². The summed E-state index contributed by atoms with van der Waals surface area (Å²) in [6, 6.07) is 8.57. The minimum Gasteiger partial charge on any atom is -0.383 e. The maximum Gasteiger partial charge on any atom is 0.244 e. The summed E-state index contributed by atoms with van der Waals surface area (Å²) >= 11 is 0. The molecule has 21 heavy (non-hydrogen) atoms. The summed E-state index contributed by atoms with van der Waals surface area (Å²) in [5.41, 5.74) is 8.76. The first-order valence-electron chi connectivity index (χ1n) is 6.61. The molecule has 2 rings (SSSR count). The van der Waals surface area contributed by atoms with Gasteiger partial charge in [0.1, 0.15) is 10.7 Å². The molecule has 112 valence electrons. The van der Waals surface area contributed by atoms with E-state index in [-0.39, 0.29) is 16.8 Å². The number of hydrogen-bond donors (Lipinski definition) is 2. The number of sulfonamides is 1. The summed E-state index contributed by atoms with van der Waals surface area (Å²) < 4.78 is 27.4. The highest BCUT2D eigenvalue weighted by Crippen LogP contribution is 2.22. The standard InChI is InChI=1S/C15H19N3O2S/c1-10-6-7-13(11(2)9-10)12(3)18-21(19,20)14-5-4-8-17-15(14)16/h4-9,12,18H,1-3H3,(H2,16,17). The van der Waals surface area contributed by atoms with Gasteiger partial charge in [0, 0.05) is 12.2 Å². The minimum absolute atomic E-state index is 0.00150. The number of aromatic nitrogens is 1. The molecule has 1 aromatic heterocycles. The van der Waals surface area contributed by atoms with Crippen LogP contribution < -0.4 is 10.5 Å². The zero-order chi connectivity index (χ0) is 15.6. The van der Waals surface area contributed by atoms with E-state index in [0.29, 0.717) is 0 Å². The molecule has 0 saturated carbocycles. The van der Waals surface area contributed by atoms with Crippen LogP contribution in [-0.2, 0) is 10.0 Å². The van der Waals surface area contributed by atoms with Gasteiger partial charge in [-0.15, -0.1) is 0 Å². The number of nitrogens with zero attached hydrogens (tertiary/aromatic N) is 1. The first-order valence-corrected chi connectivity index (χ1v) is 8.09. The second-order valence-corrected chi connectivity index (χ2v) is 6.77. The normalized spacial score (nSPS) is 13.1. The fraction of sp³-hybridized carbons (Fsp3) is 0.267. The smallest absolute Gasteiger partial charge is 0.244 e. The van der Waals surface area contributed by atoms with Crippen molar-refractivity contribution in [3.63, 3.8) is 0 Å². The molecule has 5 nitrogen and oxygen atoms in total. The van der Waals surface area contributed by atoms with Gasteiger partial charge in [0.2, 0.25) is 10.0 Å². The minimum atomic E-state index is -3.70. The third-order valence-electron chi connectivity index (χ3n) is 3.31. The SMILES string of the molecule is Cc1ccc(C(C)NS(=O)(=O)c2cccnc2N)c(C)c1. The van der Waals surface area contributed by atoms with Crippen LogP contribution >= 0.6 is 0 Å². The van der Waals surface area contributed by atoms with Gasteiger partial charge in [0.05, 0.1) is 0 Å². The quantitative estimate of drug-likeness (QED) is 0.907. The van der Waals surface area contributed by atoms with Crippen molar-refractivity contribution in [3.8, 4) is 0 Å². The third-order valence-corrected chi connectivity index (χ3v) is 4.90. The molecule has 0 aliphatic heterocycles. The maximum atomic E-state index is 12.4. The fourth-order valence-corrected chi connectivity index (χ4v) is 3.61. The van der Waals surface area contributed by atoms with Crippen molar-refractivity contribution in [2.75, 3.05) is 5.73 Å². The molecular formula is C15H19N3O2S. The number of pyridine rings is 1. The maximum absolute atomic E-state index is 12.4. The molecule has 0 aliphatic carbocycles. The molecule has 0 fully saturated rings. The van der Waals surface area contributed by atoms with Crippen LogP contribution in [0.1, 0.15) is 29.7 Å². The molecular weight excluding hydrogens is 286 g/mol. The average Bonchev–Trinajstić information content (AvgIpc) is 2.38. The zero-order valence-corrected chi connectivity index (χ0v) is 13.1. The van der Waals surface area contributed by atoms with Crippen LogP contribution in [0.15, 0.2) is 41.4 Å². The fourth-order valence-electron chi connectivity index (χ4n) is 2.30. The Hall–Kier alpha value is -1.92. The third kappa shape index (κ3) is 3.40. The van der Waals surface area contributed by atoms with Gasteiger partial charge in [0.25, 0.3) is 0 Å². The molecule has 6 heteroatoms. The van der Waals surface area contributed by atoms with Crippen molar-refractivity contribution < 1.29 is 8.42 Å². The van der Waals surface area contributed by atoms with Crippen molar-refractivity contribution in [2.45, 2.75) is 31.7 Å². The lowest BCUT2D eigenvalue weighted by atomic mass is 10.0. The molecule has 0 aliphatic rings. The number of aryl methyl sites for hydroxylation is 2. The van der Waals surface area contributed by atoms with Gasteiger partial charge < -0.3 is 5.73 Å². The highest BCUT2D eigenvalue weighted by Gasteiger charge is 2.21. The van der Waals surface area contributed by atoms with E-state index in [1.807, 2.05) is 39.0 Å². The predicted molar refractivity (Wildman–Crippen MR) is 83.3 cm³/mol. The lowest BCUT2D eigenvalue weighted by molar-refractivity contribution is 0.566. The summed E-state index contributed by atoms with van der Waals surface area (Å²) in [7, 11) is -3.70. The first kappa shape index (κ1) is 15.5. The van der Waals surface area contributed by atoms with E-state index in [1.165, 1.54) is 12.3 Å². The Bertz CT molecular complexity index is 757. The van der Waals surface area contributed by atoms with E-state index >= 15 is 0 Å². The second kappa shape index (κ2) is 5.83. The lowest BCUT2D eigenvalue weighted by Gasteiger charge is -2.17. The Kier molecular flexibility index (Phi) is 4.29. The largest absolute Gasteiger partial charge is 0.383 e. The highest BCUT2D eigenvalue weighted by atomic mass is 32.2. The molecule has 1 atom stereocenters. The van der Waals surface area contributed by atoms with Crippen LogP contribution in [0, 0.1) is 13.8 Å². The van der Waals surface area contributed by atoms with Crippen molar-refractivity contribution in [3.05, 3.63) is 53.2 Å². The van der Waals surface area contributed by atoms with Crippen molar-refractivity contribution >= 4 is 15.8 Å². The molecule has 1 heterocycles. The Morgan fingerprint density at radius 3 is 2.57 bits per heavy atom. The van der Waals surface area contributed by atoms with Crippen LogP contribution in [-0.4, -0.2) is 13.4 Å². The van der Waals surface area contributed by atoms with Gasteiger partial charge >= 0.3 is 0 Å². The van der Waals surface area contributed by atoms with E-state index in [0.717, 1.165) is 16.7 Å². The Morgan fingerprint density at radius 2 is 1.95 bits per heavy atom. The number of benzene rings is 1. The van der Waals surface area contributed by atoms with Crippen LogP contribution in [0.25, 0.3) is 0 Å². The number of nitrogens with two attached hydrogens (primary N) is 1. The molecule has 3 N–H and O–H groups in total. The Balaban J connectivity index is 2.30. The monoisotopic (exact) mass is 305 g/mol. The number of rotatable bonds is 4. The Morgan fingerprint density at radius 1 is 1.24 bits per heavy atom. The Labute approximate surface area is 125 Å². The van der Waals surface area contributed by atoms with Gasteiger partial charge in [-0.1, -0.05) is 23.8 Å². The number of nitrogen functional groups attached to an aromatic ring is 1. The lowest BCUT2D eigenvalue weighted by Crippen LogP contribution is -2.28. The molecule has 0 amide bonds. The average molecular weight is 305 g/mol. The molecule has 1 unspecified atom stereocenters. The molecule has 0 spiro atoms. The zero-order valence-electron chi connectivity index (χ0n) is 12.3. The molecule has 0 radical (unpaired) electrons. The highest BCUT2D eigenvalue weighted by molar-refractivity contribution is 7.89. The van der Waals surface area contributed by atoms with Crippen LogP contribution in [0.3, 0.4) is 0 Å². The first-order chi connectivity index (χ1) is 9.81. The molecule has 0 saturated heterocycles. The summed E-state index contributed by atoms with van der Waals surface area (Å²) in [5, 5.41) is 0. The van der Waals surface area contributed by atoms with Crippen molar-refractivity contribution in [1.29, 1.82) is 0 Å². The van der Waals surface area contributed by atoms with Crippen LogP contribution in [0.5, 0.6) is 0 Å². The van der Waals surface area contributed by atoms with Gasteiger partial charge in [-0.25, -0.2) is 18.1 Å². The second-order valence-electron chi connectivity index (χ2n) is 5.09. The molecule has 2 aromatic rings.